The van der Waals surface area contributed by atoms with Crippen molar-refractivity contribution in [3.8, 4) is 0 Å². The zero-order chi connectivity index (χ0) is 12.3. The Morgan fingerprint density at radius 2 is 1.36 bits per heavy atom. The van der Waals surface area contributed by atoms with E-state index in [2.05, 4.69) is 0 Å². The van der Waals surface area contributed by atoms with E-state index in [0.717, 1.165) is 0 Å². The SMILES string of the molecule is CC(N)C(=O)O.O=[N+]([O-])O.O=[N+]([O-])O. The minimum absolute atomic E-state index is 0.731. The summed E-state index contributed by atoms with van der Waals surface area (Å²) in [4.78, 5) is 26.3. The molecule has 0 bridgehead atoms. The molecule has 0 aliphatic rings. The summed E-state index contributed by atoms with van der Waals surface area (Å²) in [6.45, 7) is 1.42. The van der Waals surface area contributed by atoms with Crippen LogP contribution in [-0.2, 0) is 4.79 Å². The van der Waals surface area contributed by atoms with Crippen LogP contribution >= 0.6 is 0 Å². The van der Waals surface area contributed by atoms with Crippen molar-refractivity contribution in [2.24, 2.45) is 5.73 Å². The molecule has 0 saturated carbocycles. The Kier molecular flexibility index (Phi) is 13.8. The largest absolute Gasteiger partial charge is 0.480 e. The van der Waals surface area contributed by atoms with Gasteiger partial charge in [0, 0.05) is 0 Å². The first-order valence-corrected chi connectivity index (χ1v) is 2.76. The molecule has 0 fully saturated rings. The van der Waals surface area contributed by atoms with Crippen molar-refractivity contribution >= 4 is 5.97 Å². The fraction of sp³-hybridized carbons (Fsp3) is 0.667. The highest BCUT2D eigenvalue weighted by Crippen LogP contribution is 1.68. The number of carbonyl (C=O) groups is 1. The van der Waals surface area contributed by atoms with Crippen molar-refractivity contribution in [2.45, 2.75) is 13.0 Å². The van der Waals surface area contributed by atoms with Gasteiger partial charge in [0.2, 0.25) is 0 Å². The molecule has 11 nitrogen and oxygen atoms in total. The van der Waals surface area contributed by atoms with Crippen LogP contribution < -0.4 is 5.73 Å². The molecule has 0 spiro atoms. The Balaban J connectivity index is -0.000000135. The summed E-state index contributed by atoms with van der Waals surface area (Å²) in [5.74, 6) is -0.963. The van der Waals surface area contributed by atoms with Crippen LogP contribution in [0.3, 0.4) is 0 Å². The maximum Gasteiger partial charge on any atom is 0.320 e. The van der Waals surface area contributed by atoms with Gasteiger partial charge >= 0.3 is 5.97 Å². The van der Waals surface area contributed by atoms with Gasteiger partial charge in [-0.25, -0.2) is 0 Å². The third-order valence-corrected chi connectivity index (χ3v) is 0.390. The fourth-order valence-electron chi connectivity index (χ4n) is 0. The van der Waals surface area contributed by atoms with E-state index in [-0.39, 0.29) is 0 Å². The van der Waals surface area contributed by atoms with Gasteiger partial charge in [0.05, 0.1) is 0 Å². The molecule has 0 heterocycles. The van der Waals surface area contributed by atoms with E-state index in [1.54, 1.807) is 0 Å². The lowest BCUT2D eigenvalue weighted by Crippen LogP contribution is -2.25. The summed E-state index contributed by atoms with van der Waals surface area (Å²) >= 11 is 0. The Hall–Kier alpha value is -2.17. The molecule has 0 saturated heterocycles. The molecule has 0 amide bonds. The van der Waals surface area contributed by atoms with Crippen LogP contribution in [0.4, 0.5) is 0 Å². The molecule has 1 unspecified atom stereocenters. The topological polar surface area (TPSA) is 190 Å². The predicted octanol–water partition coefficient (Wildman–Crippen LogP) is -1.28. The second-order valence-electron chi connectivity index (χ2n) is 1.60. The van der Waals surface area contributed by atoms with Crippen LogP contribution in [0.15, 0.2) is 0 Å². The van der Waals surface area contributed by atoms with E-state index in [1.165, 1.54) is 6.92 Å². The monoisotopic (exact) mass is 215 g/mol. The Bertz CT molecular complexity index is 170. The van der Waals surface area contributed by atoms with Crippen molar-refractivity contribution in [1.82, 2.24) is 0 Å². The summed E-state index contributed by atoms with van der Waals surface area (Å²) in [7, 11) is 0. The van der Waals surface area contributed by atoms with Gasteiger partial charge in [0.15, 0.2) is 0 Å². The normalized spacial score (nSPS) is 9.29. The minimum atomic E-state index is -1.50. The third-order valence-electron chi connectivity index (χ3n) is 0.390. The first kappa shape index (κ1) is 17.8. The fourth-order valence-corrected chi connectivity index (χ4v) is 0. The number of hydrogen-bond acceptors (Lipinski definition) is 6. The number of nitrogens with zero attached hydrogens (tertiary/aromatic N) is 2. The molecule has 0 aromatic heterocycles. The molecule has 0 aromatic carbocycles. The molecular weight excluding hydrogens is 206 g/mol. The van der Waals surface area contributed by atoms with Crippen molar-refractivity contribution in [3.63, 3.8) is 0 Å². The van der Waals surface area contributed by atoms with Gasteiger partial charge in [-0.2, -0.15) is 0 Å². The minimum Gasteiger partial charge on any atom is -0.480 e. The van der Waals surface area contributed by atoms with E-state index in [0.29, 0.717) is 0 Å². The molecule has 14 heavy (non-hydrogen) atoms. The lowest BCUT2D eigenvalue weighted by atomic mass is 10.4. The molecule has 11 heteroatoms. The van der Waals surface area contributed by atoms with Crippen LogP contribution in [0.5, 0.6) is 0 Å². The van der Waals surface area contributed by atoms with E-state index in [4.69, 9.17) is 41.5 Å². The van der Waals surface area contributed by atoms with Gasteiger partial charge in [-0.1, -0.05) is 0 Å². The maximum atomic E-state index is 9.57. The number of carboxylic acid groups (broad SMARTS) is 1. The van der Waals surface area contributed by atoms with Crippen LogP contribution in [0.2, 0.25) is 0 Å². The lowest BCUT2D eigenvalue weighted by molar-refractivity contribution is -0.742. The van der Waals surface area contributed by atoms with Gasteiger partial charge in [-0.15, -0.1) is 20.2 Å². The third kappa shape index (κ3) is 229. The van der Waals surface area contributed by atoms with Crippen molar-refractivity contribution in [2.75, 3.05) is 0 Å². The predicted molar refractivity (Wildman–Crippen MR) is 38.8 cm³/mol. The van der Waals surface area contributed by atoms with Gasteiger partial charge < -0.3 is 21.3 Å². The number of carboxylic acids is 1. The van der Waals surface area contributed by atoms with Gasteiger partial charge in [-0.05, 0) is 6.92 Å². The van der Waals surface area contributed by atoms with Crippen LogP contribution in [0, 0.1) is 20.2 Å². The second-order valence-corrected chi connectivity index (χ2v) is 1.60. The van der Waals surface area contributed by atoms with Gasteiger partial charge in [0.1, 0.15) is 6.04 Å². The van der Waals surface area contributed by atoms with E-state index >= 15 is 0 Å². The molecule has 0 radical (unpaired) electrons. The average Bonchev–Trinajstić information content (AvgIpc) is 1.83. The molecule has 0 aliphatic carbocycles. The van der Waals surface area contributed by atoms with Crippen molar-refractivity contribution < 1.29 is 30.5 Å². The van der Waals surface area contributed by atoms with Gasteiger partial charge in [-0.3, -0.25) is 4.79 Å². The summed E-state index contributed by atoms with van der Waals surface area (Å²) < 4.78 is 0. The molecule has 0 rings (SSSR count). The Morgan fingerprint density at radius 3 is 1.36 bits per heavy atom. The second kappa shape index (κ2) is 10.8. The Labute approximate surface area is 76.6 Å². The highest BCUT2D eigenvalue weighted by molar-refractivity contribution is 5.72. The molecule has 1 atom stereocenters. The summed E-state index contributed by atoms with van der Waals surface area (Å²) in [5.41, 5.74) is 4.84. The van der Waals surface area contributed by atoms with E-state index in [1.807, 2.05) is 0 Å². The molecule has 84 valence electrons. The number of hydrogen-bond donors (Lipinski definition) is 4. The molecule has 0 aliphatic heterocycles. The highest BCUT2D eigenvalue weighted by Gasteiger charge is 1.99. The number of aliphatic carboxylic acids is 1. The first-order valence-electron chi connectivity index (χ1n) is 2.76. The Morgan fingerprint density at radius 1 is 1.29 bits per heavy atom. The van der Waals surface area contributed by atoms with Crippen LogP contribution in [0.1, 0.15) is 6.92 Å². The van der Waals surface area contributed by atoms with E-state index < -0.39 is 22.2 Å². The summed E-state index contributed by atoms with van der Waals surface area (Å²) in [5, 5.41) is 35.1. The van der Waals surface area contributed by atoms with E-state index in [9.17, 15) is 4.79 Å². The number of rotatable bonds is 1. The standard InChI is InChI=1S/C3H7NO2.2HNO3/c1-2(4)3(5)6;2*2-1(3)4/h2H,4H2,1H3,(H,5,6);2*(H,2,3,4). The van der Waals surface area contributed by atoms with Crippen molar-refractivity contribution in [3.05, 3.63) is 20.2 Å². The molecule has 5 N–H and O–H groups in total. The average molecular weight is 215 g/mol. The van der Waals surface area contributed by atoms with Crippen molar-refractivity contribution in [1.29, 1.82) is 0 Å². The highest BCUT2D eigenvalue weighted by atomic mass is 16.9. The van der Waals surface area contributed by atoms with Crippen LogP contribution in [-0.4, -0.2) is 37.7 Å². The zero-order valence-corrected chi connectivity index (χ0v) is 6.93. The van der Waals surface area contributed by atoms with Crippen LogP contribution in [0.25, 0.3) is 0 Å². The lowest BCUT2D eigenvalue weighted by Gasteiger charge is -1.90. The zero-order valence-electron chi connectivity index (χ0n) is 6.93. The molecule has 0 aromatic rings. The number of nitrogens with two attached hydrogens (primary N) is 1. The maximum absolute atomic E-state index is 9.57. The summed E-state index contributed by atoms with van der Waals surface area (Å²) in [6.07, 6.45) is 0. The molecular formula is C3H9N3O8. The van der Waals surface area contributed by atoms with Gasteiger partial charge in [0.25, 0.3) is 10.2 Å². The first-order chi connectivity index (χ1) is 6.11. The summed E-state index contributed by atoms with van der Waals surface area (Å²) in [6, 6.07) is -0.731. The quantitative estimate of drug-likeness (QED) is 0.304. The smallest absolute Gasteiger partial charge is 0.320 e.